The number of rotatable bonds is 7. The maximum atomic E-state index is 12.8. The van der Waals surface area contributed by atoms with Crippen LogP contribution in [0.2, 0.25) is 0 Å². The first-order valence-corrected chi connectivity index (χ1v) is 11.6. The van der Waals surface area contributed by atoms with Crippen molar-refractivity contribution < 1.29 is 9.59 Å². The van der Waals surface area contributed by atoms with Crippen LogP contribution in [0, 0.1) is 30.6 Å². The van der Waals surface area contributed by atoms with Crippen molar-refractivity contribution in [2.75, 3.05) is 26.2 Å². The van der Waals surface area contributed by atoms with Gasteiger partial charge in [-0.05, 0) is 43.7 Å². The van der Waals surface area contributed by atoms with E-state index in [-0.39, 0.29) is 35.5 Å². The SMILES string of the molecule is CCNC(=NCCc1cn2cccc(C)c2n1)NCCN1C(=O)C2C3C=CC(C3)C2C1=O. The van der Waals surface area contributed by atoms with Gasteiger partial charge in [0.15, 0.2) is 5.96 Å². The summed E-state index contributed by atoms with van der Waals surface area (Å²) in [5.74, 6) is 0.934. The average molecular weight is 435 g/mol. The molecule has 3 heterocycles. The van der Waals surface area contributed by atoms with Crippen LogP contribution in [0.25, 0.3) is 5.65 Å². The van der Waals surface area contributed by atoms with Gasteiger partial charge in [0.2, 0.25) is 11.8 Å². The highest BCUT2D eigenvalue weighted by molar-refractivity contribution is 6.06. The van der Waals surface area contributed by atoms with Gasteiger partial charge in [-0.25, -0.2) is 4.98 Å². The first kappa shape index (κ1) is 20.7. The van der Waals surface area contributed by atoms with Gasteiger partial charge in [0.1, 0.15) is 5.65 Å². The number of aliphatic imine (C=N–C) groups is 1. The largest absolute Gasteiger partial charge is 0.357 e. The summed E-state index contributed by atoms with van der Waals surface area (Å²) in [6, 6.07) is 4.07. The fourth-order valence-electron chi connectivity index (χ4n) is 5.42. The summed E-state index contributed by atoms with van der Waals surface area (Å²) in [6.45, 7) is 6.26. The molecule has 3 aliphatic rings. The monoisotopic (exact) mass is 434 g/mol. The number of aromatic nitrogens is 2. The topological polar surface area (TPSA) is 91.1 Å². The first-order chi connectivity index (χ1) is 15.6. The van der Waals surface area contributed by atoms with Crippen LogP contribution in [0.4, 0.5) is 0 Å². The minimum Gasteiger partial charge on any atom is -0.357 e. The minimum atomic E-state index is -0.131. The minimum absolute atomic E-state index is 0.00253. The number of carbonyl (C=O) groups is 2. The highest BCUT2D eigenvalue weighted by Gasteiger charge is 2.58. The maximum Gasteiger partial charge on any atom is 0.233 e. The first-order valence-electron chi connectivity index (χ1n) is 11.6. The van der Waals surface area contributed by atoms with Crippen LogP contribution in [0.5, 0.6) is 0 Å². The van der Waals surface area contributed by atoms with Crippen LogP contribution in [-0.2, 0) is 16.0 Å². The van der Waals surface area contributed by atoms with Crippen LogP contribution < -0.4 is 10.6 Å². The number of fused-ring (bicyclic) bond motifs is 6. The zero-order valence-corrected chi connectivity index (χ0v) is 18.6. The number of aryl methyl sites for hydroxylation is 1. The summed E-state index contributed by atoms with van der Waals surface area (Å²) in [5.41, 5.74) is 3.13. The molecule has 4 unspecified atom stereocenters. The Morgan fingerprint density at radius 3 is 2.62 bits per heavy atom. The number of hydrogen-bond donors (Lipinski definition) is 2. The molecule has 1 aliphatic heterocycles. The van der Waals surface area contributed by atoms with Crippen LogP contribution in [0.3, 0.4) is 0 Å². The lowest BCUT2D eigenvalue weighted by Crippen LogP contribution is -2.43. The van der Waals surface area contributed by atoms with Crippen LogP contribution in [0.15, 0.2) is 41.7 Å². The molecule has 8 nitrogen and oxygen atoms in total. The molecule has 0 spiro atoms. The molecular weight excluding hydrogens is 404 g/mol. The number of allylic oxidation sites excluding steroid dienone is 2. The van der Waals surface area contributed by atoms with Crippen molar-refractivity contribution in [3.05, 3.63) is 47.9 Å². The van der Waals surface area contributed by atoms with E-state index in [1.807, 2.05) is 29.8 Å². The van der Waals surface area contributed by atoms with Gasteiger partial charge in [-0.1, -0.05) is 18.2 Å². The fourth-order valence-corrected chi connectivity index (χ4v) is 5.42. The second kappa shape index (κ2) is 8.41. The Labute approximate surface area is 187 Å². The number of nitrogens with zero attached hydrogens (tertiary/aromatic N) is 4. The van der Waals surface area contributed by atoms with Gasteiger partial charge in [-0.3, -0.25) is 19.5 Å². The van der Waals surface area contributed by atoms with Gasteiger partial charge in [-0.2, -0.15) is 0 Å². The van der Waals surface area contributed by atoms with E-state index in [9.17, 15) is 9.59 Å². The standard InChI is InChI=1S/C24H30N6O2/c1-3-25-24(26-9-8-18-14-29-11-4-5-15(2)21(29)28-18)27-10-12-30-22(31)19-16-6-7-17(13-16)20(19)23(30)32/h4-7,11,14,16-17,19-20H,3,8-10,12-13H2,1-2H3,(H2,25,26,27). The highest BCUT2D eigenvalue weighted by Crippen LogP contribution is 2.52. The Hall–Kier alpha value is -3.16. The molecule has 1 saturated heterocycles. The van der Waals surface area contributed by atoms with Crippen LogP contribution in [-0.4, -0.2) is 58.2 Å². The van der Waals surface area contributed by atoms with E-state index in [0.29, 0.717) is 25.6 Å². The van der Waals surface area contributed by atoms with E-state index >= 15 is 0 Å². The number of imidazole rings is 1. The molecule has 168 valence electrons. The predicted octanol–water partition coefficient (Wildman–Crippen LogP) is 1.55. The van der Waals surface area contributed by atoms with Crippen molar-refractivity contribution in [3.8, 4) is 0 Å². The molecule has 2 aromatic heterocycles. The Bertz CT molecular complexity index is 1070. The summed E-state index contributed by atoms with van der Waals surface area (Å²) >= 11 is 0. The number of amides is 2. The normalized spacial score (nSPS) is 26.4. The van der Waals surface area contributed by atoms with Gasteiger partial charge >= 0.3 is 0 Å². The maximum absolute atomic E-state index is 12.8. The van der Waals surface area contributed by atoms with Gasteiger partial charge in [0, 0.05) is 45.0 Å². The third kappa shape index (κ3) is 3.57. The van der Waals surface area contributed by atoms with Crippen molar-refractivity contribution in [3.63, 3.8) is 0 Å². The molecule has 2 aliphatic carbocycles. The summed E-state index contributed by atoms with van der Waals surface area (Å²) < 4.78 is 2.04. The molecule has 2 aromatic rings. The van der Waals surface area contributed by atoms with E-state index < -0.39 is 0 Å². The zero-order chi connectivity index (χ0) is 22.2. The van der Waals surface area contributed by atoms with Gasteiger partial charge in [0.05, 0.1) is 17.5 Å². The number of hydrogen-bond acceptors (Lipinski definition) is 4. The quantitative estimate of drug-likeness (QED) is 0.299. The van der Waals surface area contributed by atoms with Gasteiger partial charge in [-0.15, -0.1) is 0 Å². The molecule has 5 rings (SSSR count). The second-order valence-electron chi connectivity index (χ2n) is 8.92. The number of likely N-dealkylation sites (tertiary alicyclic amines) is 1. The van der Waals surface area contributed by atoms with E-state index in [1.54, 1.807) is 0 Å². The molecule has 2 fully saturated rings. The molecule has 32 heavy (non-hydrogen) atoms. The lowest BCUT2D eigenvalue weighted by atomic mass is 9.85. The zero-order valence-electron chi connectivity index (χ0n) is 18.6. The Kier molecular flexibility index (Phi) is 5.45. The lowest BCUT2D eigenvalue weighted by Gasteiger charge is -2.18. The molecular formula is C24H30N6O2. The van der Waals surface area contributed by atoms with E-state index in [2.05, 4.69) is 40.8 Å². The van der Waals surface area contributed by atoms with Crippen LogP contribution in [0.1, 0.15) is 24.6 Å². The molecule has 1 saturated carbocycles. The van der Waals surface area contributed by atoms with Crippen molar-refractivity contribution in [2.45, 2.75) is 26.7 Å². The molecule has 4 atom stereocenters. The molecule has 0 aromatic carbocycles. The van der Waals surface area contributed by atoms with Crippen LogP contribution >= 0.6 is 0 Å². The molecule has 0 radical (unpaired) electrons. The number of carbonyl (C=O) groups excluding carboxylic acids is 2. The Morgan fingerprint density at radius 1 is 1.19 bits per heavy atom. The summed E-state index contributed by atoms with van der Waals surface area (Å²) in [4.78, 5) is 36.4. The van der Waals surface area contributed by atoms with E-state index in [1.165, 1.54) is 4.90 Å². The second-order valence-corrected chi connectivity index (χ2v) is 8.92. The molecule has 2 N–H and O–H groups in total. The number of guanidine groups is 1. The number of imide groups is 1. The Balaban J connectivity index is 1.15. The van der Waals surface area contributed by atoms with Crippen molar-refractivity contribution in [2.24, 2.45) is 28.7 Å². The summed E-state index contributed by atoms with van der Waals surface area (Å²) in [6.07, 6.45) is 9.99. The average Bonchev–Trinajstić information content (AvgIpc) is 3.53. The predicted molar refractivity (Wildman–Crippen MR) is 122 cm³/mol. The fraction of sp³-hybridized carbons (Fsp3) is 0.500. The third-order valence-electron chi connectivity index (χ3n) is 6.90. The molecule has 2 amide bonds. The van der Waals surface area contributed by atoms with E-state index in [4.69, 9.17) is 4.98 Å². The molecule has 2 bridgehead atoms. The van der Waals surface area contributed by atoms with Crippen molar-refractivity contribution >= 4 is 23.4 Å². The van der Waals surface area contributed by atoms with E-state index in [0.717, 1.165) is 36.3 Å². The number of nitrogens with one attached hydrogen (secondary N) is 2. The molecule has 8 heteroatoms. The third-order valence-corrected chi connectivity index (χ3v) is 6.90. The number of pyridine rings is 1. The highest BCUT2D eigenvalue weighted by atomic mass is 16.2. The van der Waals surface area contributed by atoms with Crippen molar-refractivity contribution in [1.82, 2.24) is 24.9 Å². The Morgan fingerprint density at radius 2 is 1.94 bits per heavy atom. The smallest absolute Gasteiger partial charge is 0.233 e. The summed E-state index contributed by atoms with van der Waals surface area (Å²) in [5, 5.41) is 6.50. The van der Waals surface area contributed by atoms with Crippen molar-refractivity contribution in [1.29, 1.82) is 0 Å². The lowest BCUT2D eigenvalue weighted by molar-refractivity contribution is -0.140. The van der Waals surface area contributed by atoms with Gasteiger partial charge < -0.3 is 15.0 Å². The summed E-state index contributed by atoms with van der Waals surface area (Å²) in [7, 11) is 0. The van der Waals surface area contributed by atoms with Gasteiger partial charge in [0.25, 0.3) is 0 Å².